The van der Waals surface area contributed by atoms with Gasteiger partial charge in [-0.2, -0.15) is 0 Å². The lowest BCUT2D eigenvalue weighted by Gasteiger charge is -2.34. The first-order valence-electron chi connectivity index (χ1n) is 7.38. The molecular weight excluding hydrogens is 232 g/mol. The number of nitrogens with zero attached hydrogens (tertiary/aromatic N) is 1. The lowest BCUT2D eigenvalue weighted by atomic mass is 9.77. The monoisotopic (exact) mass is 256 g/mol. The van der Waals surface area contributed by atoms with Gasteiger partial charge in [0.15, 0.2) is 0 Å². The summed E-state index contributed by atoms with van der Waals surface area (Å²) in [7, 11) is 2.14. The summed E-state index contributed by atoms with van der Waals surface area (Å²) in [5.74, 6) is 0. The summed E-state index contributed by atoms with van der Waals surface area (Å²) in [5.41, 5.74) is 11.9. The number of aromatic nitrogens is 1. The van der Waals surface area contributed by atoms with Gasteiger partial charge in [-0.25, -0.2) is 0 Å². The van der Waals surface area contributed by atoms with Gasteiger partial charge in [0.05, 0.1) is 0 Å². The van der Waals surface area contributed by atoms with Crippen LogP contribution in [-0.4, -0.2) is 4.57 Å². The Hall–Kier alpha value is -1.28. The molecule has 102 valence electrons. The number of hydrogen-bond acceptors (Lipinski definition) is 1. The lowest BCUT2D eigenvalue weighted by molar-refractivity contribution is 0.302. The zero-order valence-corrected chi connectivity index (χ0v) is 12.3. The Labute approximate surface area is 115 Å². The summed E-state index contributed by atoms with van der Waals surface area (Å²) in [5, 5.41) is 1.37. The maximum Gasteiger partial charge on any atom is 0.0482 e. The first-order chi connectivity index (χ1) is 9.03. The number of hydrogen-bond donors (Lipinski definition) is 1. The zero-order chi connectivity index (χ0) is 13.6. The molecule has 0 atom stereocenters. The van der Waals surface area contributed by atoms with E-state index < -0.39 is 0 Å². The van der Waals surface area contributed by atoms with Gasteiger partial charge in [0.2, 0.25) is 0 Å². The Morgan fingerprint density at radius 3 is 2.47 bits per heavy atom. The van der Waals surface area contributed by atoms with E-state index >= 15 is 0 Å². The quantitative estimate of drug-likeness (QED) is 0.824. The van der Waals surface area contributed by atoms with E-state index in [1.807, 2.05) is 0 Å². The molecule has 1 aromatic carbocycles. The second-order valence-corrected chi connectivity index (χ2v) is 6.22. The molecule has 2 heteroatoms. The summed E-state index contributed by atoms with van der Waals surface area (Å²) in [4.78, 5) is 0. The molecule has 2 nitrogen and oxygen atoms in total. The fourth-order valence-corrected chi connectivity index (χ4v) is 3.54. The van der Waals surface area contributed by atoms with Crippen LogP contribution in [0.1, 0.15) is 48.9 Å². The smallest absolute Gasteiger partial charge is 0.0482 e. The molecule has 1 heterocycles. The van der Waals surface area contributed by atoms with Crippen molar-refractivity contribution in [2.24, 2.45) is 12.8 Å². The van der Waals surface area contributed by atoms with Gasteiger partial charge in [-0.1, -0.05) is 25.3 Å². The van der Waals surface area contributed by atoms with E-state index in [9.17, 15) is 0 Å². The van der Waals surface area contributed by atoms with Crippen LogP contribution in [0.5, 0.6) is 0 Å². The van der Waals surface area contributed by atoms with E-state index in [1.54, 1.807) is 0 Å². The highest BCUT2D eigenvalue weighted by atomic mass is 14.9. The van der Waals surface area contributed by atoms with Gasteiger partial charge < -0.3 is 10.3 Å². The largest absolute Gasteiger partial charge is 0.348 e. The summed E-state index contributed by atoms with van der Waals surface area (Å²) in [6.07, 6.45) is 6.13. The summed E-state index contributed by atoms with van der Waals surface area (Å²) >= 11 is 0. The van der Waals surface area contributed by atoms with Crippen LogP contribution in [0, 0.1) is 13.8 Å². The highest BCUT2D eigenvalue weighted by molar-refractivity contribution is 5.86. The molecule has 1 aliphatic rings. The van der Waals surface area contributed by atoms with Crippen molar-refractivity contribution in [3.8, 4) is 0 Å². The highest BCUT2D eigenvalue weighted by Crippen LogP contribution is 2.37. The van der Waals surface area contributed by atoms with Crippen LogP contribution in [0.25, 0.3) is 10.9 Å². The maximum atomic E-state index is 6.66. The van der Waals surface area contributed by atoms with E-state index in [1.165, 1.54) is 47.0 Å². The van der Waals surface area contributed by atoms with Crippen LogP contribution in [0.4, 0.5) is 0 Å². The van der Waals surface area contributed by atoms with E-state index in [-0.39, 0.29) is 5.54 Å². The molecule has 1 fully saturated rings. The van der Waals surface area contributed by atoms with Gasteiger partial charge in [0.25, 0.3) is 0 Å². The molecular formula is C17H24N2. The van der Waals surface area contributed by atoms with Crippen LogP contribution < -0.4 is 5.73 Å². The molecule has 1 saturated carbocycles. The second-order valence-electron chi connectivity index (χ2n) is 6.22. The van der Waals surface area contributed by atoms with Gasteiger partial charge in [-0.3, -0.25) is 0 Å². The molecule has 2 aromatic rings. The molecule has 0 spiro atoms. The van der Waals surface area contributed by atoms with Crippen LogP contribution in [0.15, 0.2) is 18.2 Å². The van der Waals surface area contributed by atoms with Crippen molar-refractivity contribution >= 4 is 10.9 Å². The van der Waals surface area contributed by atoms with Crippen molar-refractivity contribution in [1.29, 1.82) is 0 Å². The van der Waals surface area contributed by atoms with Gasteiger partial charge in [0.1, 0.15) is 0 Å². The van der Waals surface area contributed by atoms with E-state index in [0.717, 1.165) is 12.8 Å². The molecule has 3 rings (SSSR count). The van der Waals surface area contributed by atoms with Crippen molar-refractivity contribution in [1.82, 2.24) is 4.57 Å². The average Bonchev–Trinajstić information content (AvgIpc) is 2.64. The first-order valence-corrected chi connectivity index (χ1v) is 7.38. The highest BCUT2D eigenvalue weighted by Gasteiger charge is 2.29. The molecule has 0 bridgehead atoms. The third kappa shape index (κ3) is 1.90. The molecule has 2 N–H and O–H groups in total. The molecule has 1 aliphatic carbocycles. The summed E-state index contributed by atoms with van der Waals surface area (Å²) < 4.78 is 2.28. The Bertz CT molecular complexity index is 616. The van der Waals surface area contributed by atoms with E-state index in [2.05, 4.69) is 43.7 Å². The third-order valence-electron chi connectivity index (χ3n) is 5.13. The van der Waals surface area contributed by atoms with Crippen molar-refractivity contribution in [2.45, 2.75) is 51.5 Å². The fourth-order valence-electron chi connectivity index (χ4n) is 3.54. The van der Waals surface area contributed by atoms with Crippen molar-refractivity contribution in [2.75, 3.05) is 0 Å². The van der Waals surface area contributed by atoms with Gasteiger partial charge in [-0.05, 0) is 49.9 Å². The van der Waals surface area contributed by atoms with Crippen molar-refractivity contribution in [3.05, 3.63) is 35.0 Å². The second kappa shape index (κ2) is 4.38. The fraction of sp³-hybridized carbons (Fsp3) is 0.529. The SMILES string of the molecule is Cc1c(C)n(C)c2ccc(C3(N)CCCCC3)cc12. The molecule has 0 unspecified atom stereocenters. The van der Waals surface area contributed by atoms with Gasteiger partial charge in [-0.15, -0.1) is 0 Å². The maximum absolute atomic E-state index is 6.66. The van der Waals surface area contributed by atoms with Crippen LogP contribution in [-0.2, 0) is 12.6 Å². The number of aryl methyl sites for hydroxylation is 2. The predicted molar refractivity (Wildman–Crippen MR) is 81.3 cm³/mol. The minimum absolute atomic E-state index is 0.0946. The Balaban J connectivity index is 2.13. The number of nitrogens with two attached hydrogens (primary N) is 1. The molecule has 0 amide bonds. The van der Waals surface area contributed by atoms with Crippen LogP contribution in [0.2, 0.25) is 0 Å². The molecule has 1 aromatic heterocycles. The third-order valence-corrected chi connectivity index (χ3v) is 5.13. The van der Waals surface area contributed by atoms with E-state index in [0.29, 0.717) is 0 Å². The van der Waals surface area contributed by atoms with Crippen LogP contribution in [0.3, 0.4) is 0 Å². The Morgan fingerprint density at radius 1 is 1.11 bits per heavy atom. The molecule has 0 saturated heterocycles. The van der Waals surface area contributed by atoms with Crippen molar-refractivity contribution < 1.29 is 0 Å². The van der Waals surface area contributed by atoms with Gasteiger partial charge in [0, 0.05) is 29.2 Å². The predicted octanol–water partition coefficient (Wildman–Crippen LogP) is 3.91. The lowest BCUT2D eigenvalue weighted by Crippen LogP contribution is -2.38. The number of fused-ring (bicyclic) bond motifs is 1. The summed E-state index contributed by atoms with van der Waals surface area (Å²) in [6, 6.07) is 6.82. The number of rotatable bonds is 1. The van der Waals surface area contributed by atoms with Crippen molar-refractivity contribution in [3.63, 3.8) is 0 Å². The normalized spacial score (nSPS) is 18.9. The standard InChI is InChI=1S/C17H24N2/c1-12-13(2)19(3)16-8-7-14(11-15(12)16)17(18)9-5-4-6-10-17/h7-8,11H,4-6,9-10,18H2,1-3H3. The minimum atomic E-state index is -0.0946. The average molecular weight is 256 g/mol. The minimum Gasteiger partial charge on any atom is -0.348 e. The molecule has 0 aliphatic heterocycles. The molecule has 19 heavy (non-hydrogen) atoms. The summed E-state index contributed by atoms with van der Waals surface area (Å²) in [6.45, 7) is 4.40. The Kier molecular flexibility index (Phi) is 2.94. The zero-order valence-electron chi connectivity index (χ0n) is 12.3. The molecule has 0 radical (unpaired) electrons. The number of benzene rings is 1. The topological polar surface area (TPSA) is 30.9 Å². The first kappa shape index (κ1) is 12.7. The Morgan fingerprint density at radius 2 is 1.79 bits per heavy atom. The van der Waals surface area contributed by atoms with E-state index in [4.69, 9.17) is 5.73 Å². The van der Waals surface area contributed by atoms with Crippen LogP contribution >= 0.6 is 0 Å². The van der Waals surface area contributed by atoms with Gasteiger partial charge >= 0.3 is 0 Å².